The molecule has 52 heavy (non-hydrogen) atoms. The molecule has 1 aliphatic heterocycles. The van der Waals surface area contributed by atoms with Crippen molar-refractivity contribution in [2.75, 3.05) is 50.6 Å². The Kier molecular flexibility index (Phi) is 10.4. The third-order valence-corrected chi connectivity index (χ3v) is 12.1. The molecule has 2 heterocycles. The predicted molar refractivity (Wildman–Crippen MR) is 186 cm³/mol. The van der Waals surface area contributed by atoms with Crippen molar-refractivity contribution < 1.29 is 39.8 Å². The van der Waals surface area contributed by atoms with E-state index in [1.807, 2.05) is 23.9 Å². The number of rotatable bonds is 11. The molecule has 9 nitrogen and oxygen atoms in total. The standard InChI is InChI=1S/C37H40F5N5O4S/c1-45(2)36(20-25-7-6-24-8-10-27(16-30(24)25)37(40,41)42)13-5-15-46(22-36)28-17-31(38)35(32(39)18-28)52(48,49)47(34-12-14-43-23-44-34)21-26-9-11-29(50-3)19-33(26)51-4/h8-12,14,16-19,23,25H,5-7,13,15,20-22H2,1-4H3/t25-,36-/m1/s1. The number of hydrogen-bond donors (Lipinski definition) is 0. The van der Waals surface area contributed by atoms with Gasteiger partial charge in [0.2, 0.25) is 0 Å². The molecule has 1 aliphatic carbocycles. The van der Waals surface area contributed by atoms with Crippen LogP contribution in [0.15, 0.2) is 72.0 Å². The smallest absolute Gasteiger partial charge is 0.416 e. The SMILES string of the molecule is COc1ccc(CN(c2ccncn2)S(=O)(=O)c2c(F)cc(N3CCC[C@](C[C@H]4CCc5ccc(C(F)(F)F)cc54)(N(C)C)C3)cc2F)c(OC)c1. The quantitative estimate of drug-likeness (QED) is 0.149. The van der Waals surface area contributed by atoms with Crippen molar-refractivity contribution in [3.63, 3.8) is 0 Å². The Balaban J connectivity index is 1.31. The van der Waals surface area contributed by atoms with E-state index in [-0.39, 0.29) is 24.0 Å². The fourth-order valence-corrected chi connectivity index (χ4v) is 9.02. The number of benzene rings is 3. The van der Waals surface area contributed by atoms with Gasteiger partial charge >= 0.3 is 6.18 Å². The van der Waals surface area contributed by atoms with Gasteiger partial charge in [0.15, 0.2) is 4.90 Å². The molecule has 6 rings (SSSR count). The zero-order chi connectivity index (χ0) is 37.4. The number of aryl methyl sites for hydroxylation is 1. The Morgan fingerprint density at radius 1 is 1.00 bits per heavy atom. The first kappa shape index (κ1) is 37.3. The maximum absolute atomic E-state index is 16.2. The summed E-state index contributed by atoms with van der Waals surface area (Å²) in [6.45, 7) is 0.407. The van der Waals surface area contributed by atoms with E-state index in [4.69, 9.17) is 9.47 Å². The third-order valence-electron chi connectivity index (χ3n) is 10.3. The van der Waals surface area contributed by atoms with E-state index in [2.05, 4.69) is 9.97 Å². The van der Waals surface area contributed by atoms with Crippen LogP contribution in [0.2, 0.25) is 0 Å². The Morgan fingerprint density at radius 3 is 2.38 bits per heavy atom. The van der Waals surface area contributed by atoms with Crippen molar-refractivity contribution >= 4 is 21.5 Å². The zero-order valence-corrected chi connectivity index (χ0v) is 30.1. The molecule has 2 aliphatic rings. The maximum atomic E-state index is 16.2. The number of anilines is 2. The topological polar surface area (TPSA) is 88.1 Å². The molecule has 1 aromatic heterocycles. The average Bonchev–Trinajstić information content (AvgIpc) is 3.51. The molecule has 0 N–H and O–H groups in total. The molecule has 1 saturated heterocycles. The lowest BCUT2D eigenvalue weighted by molar-refractivity contribution is -0.137. The Morgan fingerprint density at radius 2 is 1.75 bits per heavy atom. The van der Waals surface area contributed by atoms with Gasteiger partial charge in [0.25, 0.3) is 10.0 Å². The number of hydrogen-bond acceptors (Lipinski definition) is 8. The molecule has 1 fully saturated rings. The first-order valence-corrected chi connectivity index (χ1v) is 18.2. The van der Waals surface area contributed by atoms with Crippen molar-refractivity contribution in [1.29, 1.82) is 0 Å². The number of nitrogens with zero attached hydrogens (tertiary/aromatic N) is 5. The van der Waals surface area contributed by atoms with Gasteiger partial charge in [-0.15, -0.1) is 0 Å². The van der Waals surface area contributed by atoms with Gasteiger partial charge in [-0.25, -0.2) is 31.5 Å². The molecule has 4 aromatic rings. The molecule has 0 amide bonds. The van der Waals surface area contributed by atoms with Gasteiger partial charge in [-0.1, -0.05) is 6.07 Å². The van der Waals surface area contributed by atoms with Crippen molar-refractivity contribution in [2.45, 2.75) is 61.2 Å². The molecule has 0 saturated carbocycles. The largest absolute Gasteiger partial charge is 0.497 e. The summed E-state index contributed by atoms with van der Waals surface area (Å²) >= 11 is 0. The van der Waals surface area contributed by atoms with E-state index in [9.17, 15) is 21.6 Å². The monoisotopic (exact) mass is 745 g/mol. The highest BCUT2D eigenvalue weighted by Gasteiger charge is 2.43. The van der Waals surface area contributed by atoms with Crippen LogP contribution in [-0.4, -0.2) is 70.2 Å². The van der Waals surface area contributed by atoms with Gasteiger partial charge in [0.05, 0.1) is 26.3 Å². The van der Waals surface area contributed by atoms with Gasteiger partial charge < -0.3 is 19.3 Å². The van der Waals surface area contributed by atoms with Gasteiger partial charge in [-0.2, -0.15) is 13.2 Å². The second-order valence-corrected chi connectivity index (χ2v) is 15.3. The number of sulfonamides is 1. The molecule has 0 spiro atoms. The van der Waals surface area contributed by atoms with Crippen LogP contribution in [0.4, 0.5) is 33.5 Å². The van der Waals surface area contributed by atoms with Gasteiger partial charge in [0.1, 0.15) is 35.3 Å². The average molecular weight is 746 g/mol. The number of ether oxygens (including phenoxy) is 2. The number of likely N-dealkylation sites (N-methyl/N-ethyl adjacent to an activating group) is 1. The van der Waals surface area contributed by atoms with Crippen molar-refractivity contribution in [3.05, 3.63) is 101 Å². The van der Waals surface area contributed by atoms with E-state index in [0.717, 1.165) is 40.8 Å². The van der Waals surface area contributed by atoms with Gasteiger partial charge in [-0.3, -0.25) is 0 Å². The minimum absolute atomic E-state index is 0.113. The first-order valence-electron chi connectivity index (χ1n) is 16.8. The minimum Gasteiger partial charge on any atom is -0.497 e. The summed E-state index contributed by atoms with van der Waals surface area (Å²) < 4.78 is 113. The lowest BCUT2D eigenvalue weighted by Crippen LogP contribution is -2.57. The first-order chi connectivity index (χ1) is 24.7. The summed E-state index contributed by atoms with van der Waals surface area (Å²) in [4.78, 5) is 10.6. The highest BCUT2D eigenvalue weighted by Crippen LogP contribution is 2.45. The van der Waals surface area contributed by atoms with Crippen molar-refractivity contribution in [2.24, 2.45) is 0 Å². The lowest BCUT2D eigenvalue weighted by atomic mass is 9.77. The van der Waals surface area contributed by atoms with Crippen LogP contribution in [0.3, 0.4) is 0 Å². The third kappa shape index (κ3) is 7.25. The zero-order valence-electron chi connectivity index (χ0n) is 29.3. The second kappa shape index (κ2) is 14.5. The van der Waals surface area contributed by atoms with E-state index < -0.39 is 43.8 Å². The molecular formula is C37H40F5N5O4S. The van der Waals surface area contributed by atoms with E-state index in [0.29, 0.717) is 61.4 Å². The number of fused-ring (bicyclic) bond motifs is 1. The fraction of sp³-hybridized carbons (Fsp3) is 0.405. The maximum Gasteiger partial charge on any atom is 0.416 e. The summed E-state index contributed by atoms with van der Waals surface area (Å²) in [7, 11) is 1.79. The summed E-state index contributed by atoms with van der Waals surface area (Å²) in [5.74, 6) is -2.04. The fourth-order valence-electron chi connectivity index (χ4n) is 7.53. The highest BCUT2D eigenvalue weighted by atomic mass is 32.2. The van der Waals surface area contributed by atoms with Crippen molar-refractivity contribution in [1.82, 2.24) is 14.9 Å². The Hall–Kier alpha value is -4.50. The minimum atomic E-state index is -4.90. The van der Waals surface area contributed by atoms with Crippen LogP contribution in [0.5, 0.6) is 11.5 Å². The van der Waals surface area contributed by atoms with Crippen LogP contribution in [0.25, 0.3) is 0 Å². The summed E-state index contributed by atoms with van der Waals surface area (Å²) in [5.41, 5.74) is 0.941. The second-order valence-electron chi connectivity index (χ2n) is 13.5. The van der Waals surface area contributed by atoms with Crippen LogP contribution in [-0.2, 0) is 29.2 Å². The number of alkyl halides is 3. The van der Waals surface area contributed by atoms with E-state index in [1.54, 1.807) is 24.3 Å². The Labute approximate surface area is 300 Å². The van der Waals surface area contributed by atoms with Crippen LogP contribution in [0.1, 0.15) is 53.9 Å². The summed E-state index contributed by atoms with van der Waals surface area (Å²) in [6.07, 6.45) is 1.29. The number of halogens is 5. The molecule has 0 unspecified atom stereocenters. The van der Waals surface area contributed by atoms with Crippen LogP contribution in [0, 0.1) is 11.6 Å². The molecular weight excluding hydrogens is 705 g/mol. The molecule has 15 heteroatoms. The number of aromatic nitrogens is 2. The molecule has 278 valence electrons. The van der Waals surface area contributed by atoms with Crippen molar-refractivity contribution in [3.8, 4) is 11.5 Å². The predicted octanol–water partition coefficient (Wildman–Crippen LogP) is 7.21. The van der Waals surface area contributed by atoms with Crippen LogP contribution >= 0.6 is 0 Å². The van der Waals surface area contributed by atoms with E-state index >= 15 is 8.78 Å². The number of piperidine rings is 1. The summed E-state index contributed by atoms with van der Waals surface area (Å²) in [5, 5.41) is 0. The van der Waals surface area contributed by atoms with Gasteiger partial charge in [-0.05, 0) is 99.6 Å². The molecule has 0 radical (unpaired) electrons. The highest BCUT2D eigenvalue weighted by molar-refractivity contribution is 7.92. The van der Waals surface area contributed by atoms with Gasteiger partial charge in [0, 0.05) is 48.2 Å². The number of methoxy groups -OCH3 is 2. The normalized spacial score (nSPS) is 19.1. The molecule has 3 aromatic carbocycles. The Bertz CT molecular complexity index is 2010. The molecule has 0 bridgehead atoms. The molecule has 2 atom stereocenters. The summed E-state index contributed by atoms with van der Waals surface area (Å²) in [6, 6.07) is 12.1. The lowest BCUT2D eigenvalue weighted by Gasteiger charge is -2.49. The van der Waals surface area contributed by atoms with Crippen LogP contribution < -0.4 is 18.7 Å². The van der Waals surface area contributed by atoms with E-state index in [1.165, 1.54) is 32.5 Å².